The average Bonchev–Trinajstić information content (AvgIpc) is 2.45. The summed E-state index contributed by atoms with van der Waals surface area (Å²) in [6, 6.07) is 0. The first-order valence-corrected chi connectivity index (χ1v) is 8.71. The molecule has 5 heteroatoms. The van der Waals surface area contributed by atoms with Crippen LogP contribution in [0.5, 0.6) is 0 Å². The van der Waals surface area contributed by atoms with Crippen LogP contribution in [-0.4, -0.2) is 60.0 Å². The van der Waals surface area contributed by atoms with E-state index in [0.717, 1.165) is 51.4 Å². The van der Waals surface area contributed by atoms with Crippen molar-refractivity contribution in [1.82, 2.24) is 0 Å². The second-order valence-corrected chi connectivity index (χ2v) is 5.91. The summed E-state index contributed by atoms with van der Waals surface area (Å²) in [6.07, 6.45) is 17.4. The van der Waals surface area contributed by atoms with E-state index in [4.69, 9.17) is 5.11 Å². The number of allylic oxidation sites excluding steroid dienone is 1. The standard InChI is InChI=1S/C18H34O3.Ca.Zn.2H/c1-2-3-4-11-14-17(19)15-12-9-7-5-6-8-10-13-16-18(20)21;;;;/h9,12,17,19H,2-8,10-11,13-16H2,1H3,(H,20,21);;;;/b12-9-;;;;/t17-;;;;/m1..../s1. The average molecular weight is 406 g/mol. The second-order valence-electron chi connectivity index (χ2n) is 5.91. The Hall–Kier alpha value is 1.05. The first kappa shape index (κ1) is 28.8. The zero-order valence-electron chi connectivity index (χ0n) is 14.4. The van der Waals surface area contributed by atoms with Crippen LogP contribution in [0.2, 0.25) is 0 Å². The van der Waals surface area contributed by atoms with Crippen molar-refractivity contribution in [3.63, 3.8) is 0 Å². The molecule has 0 heterocycles. The summed E-state index contributed by atoms with van der Waals surface area (Å²) in [5, 5.41) is 18.3. The van der Waals surface area contributed by atoms with Crippen molar-refractivity contribution >= 4 is 43.7 Å². The Morgan fingerprint density at radius 3 is 2.22 bits per heavy atom. The van der Waals surface area contributed by atoms with Gasteiger partial charge in [-0.2, -0.15) is 0 Å². The van der Waals surface area contributed by atoms with Gasteiger partial charge in [-0.25, -0.2) is 0 Å². The maximum Gasteiger partial charge on any atom is 0 e. The smallest absolute Gasteiger partial charge is 0 e. The van der Waals surface area contributed by atoms with Gasteiger partial charge in [-0.3, -0.25) is 4.79 Å². The maximum atomic E-state index is 10.3. The molecule has 3 nitrogen and oxygen atoms in total. The molecular formula is C18H36CaO3Zn. The van der Waals surface area contributed by atoms with Crippen LogP contribution in [0, 0.1) is 0 Å². The van der Waals surface area contributed by atoms with Crippen LogP contribution in [0.3, 0.4) is 0 Å². The van der Waals surface area contributed by atoms with Crippen molar-refractivity contribution in [1.29, 1.82) is 0 Å². The molecule has 0 saturated carbocycles. The van der Waals surface area contributed by atoms with E-state index >= 15 is 0 Å². The summed E-state index contributed by atoms with van der Waals surface area (Å²) in [5.74, 6) is -0.689. The van der Waals surface area contributed by atoms with Gasteiger partial charge in [0, 0.05) is 25.9 Å². The summed E-state index contributed by atoms with van der Waals surface area (Å²) in [7, 11) is 0. The normalized spacial score (nSPS) is 11.7. The fourth-order valence-electron chi connectivity index (χ4n) is 2.36. The quantitative estimate of drug-likeness (QED) is 0.244. The largest absolute Gasteiger partial charge is 0 e. The Labute approximate surface area is 185 Å². The van der Waals surface area contributed by atoms with Crippen LogP contribution in [-0.2, 0) is 24.3 Å². The van der Waals surface area contributed by atoms with E-state index < -0.39 is 5.97 Å². The van der Waals surface area contributed by atoms with Crippen LogP contribution in [0.25, 0.3) is 0 Å². The van der Waals surface area contributed by atoms with Gasteiger partial charge in [-0.05, 0) is 32.1 Å². The molecule has 130 valence electrons. The number of hydrogen-bond acceptors (Lipinski definition) is 2. The number of hydrogen-bond donors (Lipinski definition) is 2. The van der Waals surface area contributed by atoms with E-state index in [1.54, 1.807) is 0 Å². The molecule has 0 aromatic carbocycles. The fraction of sp³-hybridized carbons (Fsp3) is 0.833. The van der Waals surface area contributed by atoms with Crippen molar-refractivity contribution in [3.8, 4) is 0 Å². The van der Waals surface area contributed by atoms with Crippen molar-refractivity contribution in [2.45, 2.75) is 96.5 Å². The molecule has 0 aromatic rings. The monoisotopic (exact) mass is 404 g/mol. The zero-order valence-corrected chi connectivity index (χ0v) is 17.4. The van der Waals surface area contributed by atoms with Crippen LogP contribution in [0.15, 0.2) is 12.2 Å². The maximum absolute atomic E-state index is 10.3. The minimum Gasteiger partial charge on any atom is 0 e. The third-order valence-electron chi connectivity index (χ3n) is 3.73. The van der Waals surface area contributed by atoms with E-state index in [1.165, 1.54) is 25.7 Å². The van der Waals surface area contributed by atoms with Gasteiger partial charge in [0.25, 0.3) is 0 Å². The number of carbonyl (C=O) groups is 1. The van der Waals surface area contributed by atoms with Gasteiger partial charge < -0.3 is 10.2 Å². The van der Waals surface area contributed by atoms with Gasteiger partial charge in [-0.1, -0.05) is 64.0 Å². The molecule has 0 aromatic heterocycles. The van der Waals surface area contributed by atoms with Crippen LogP contribution >= 0.6 is 0 Å². The minimum atomic E-state index is -0.689. The van der Waals surface area contributed by atoms with Crippen LogP contribution < -0.4 is 0 Å². The molecule has 0 bridgehead atoms. The molecule has 0 amide bonds. The van der Waals surface area contributed by atoms with Crippen LogP contribution in [0.1, 0.15) is 90.4 Å². The SMILES string of the molecule is CCCCCC[C@@H](O)C/C=C\CCCCCCCC(=O)O.[CaH2].[Zn]. The van der Waals surface area contributed by atoms with Gasteiger partial charge in [0.15, 0.2) is 0 Å². The number of carboxylic acids is 1. The van der Waals surface area contributed by atoms with Crippen LogP contribution in [0.4, 0.5) is 0 Å². The topological polar surface area (TPSA) is 57.5 Å². The second kappa shape index (κ2) is 23.1. The third kappa shape index (κ3) is 25.4. The first-order valence-electron chi connectivity index (χ1n) is 8.71. The number of rotatable bonds is 15. The molecule has 0 rings (SSSR count). The number of unbranched alkanes of at least 4 members (excludes halogenated alkanes) is 8. The molecule has 0 fully saturated rings. The molecular weight excluding hydrogens is 370 g/mol. The third-order valence-corrected chi connectivity index (χ3v) is 3.73. The van der Waals surface area contributed by atoms with Crippen molar-refractivity contribution in [2.75, 3.05) is 0 Å². The Kier molecular flexibility index (Phi) is 28.9. The molecule has 0 unspecified atom stereocenters. The predicted molar refractivity (Wildman–Crippen MR) is 97.0 cm³/mol. The van der Waals surface area contributed by atoms with Gasteiger partial charge in [-0.15, -0.1) is 0 Å². The van der Waals surface area contributed by atoms with Gasteiger partial charge in [0.05, 0.1) is 6.10 Å². The van der Waals surface area contributed by atoms with E-state index in [9.17, 15) is 9.90 Å². The van der Waals surface area contributed by atoms with Gasteiger partial charge in [0.1, 0.15) is 0 Å². The van der Waals surface area contributed by atoms with Gasteiger partial charge in [0.2, 0.25) is 0 Å². The fourth-order valence-corrected chi connectivity index (χ4v) is 2.36. The minimum absolute atomic E-state index is 0. The van der Waals surface area contributed by atoms with Crippen molar-refractivity contribution in [3.05, 3.63) is 12.2 Å². The molecule has 0 aliphatic carbocycles. The molecule has 0 radical (unpaired) electrons. The summed E-state index contributed by atoms with van der Waals surface area (Å²) in [5.41, 5.74) is 0. The molecule has 0 aliphatic heterocycles. The molecule has 0 saturated heterocycles. The number of aliphatic carboxylic acids is 1. The van der Waals surface area contributed by atoms with Crippen molar-refractivity contribution in [2.24, 2.45) is 0 Å². The van der Waals surface area contributed by atoms with E-state index in [1.807, 2.05) is 0 Å². The van der Waals surface area contributed by atoms with Crippen molar-refractivity contribution < 1.29 is 34.5 Å². The van der Waals surface area contributed by atoms with E-state index in [2.05, 4.69) is 19.1 Å². The van der Waals surface area contributed by atoms with Gasteiger partial charge >= 0.3 is 43.7 Å². The van der Waals surface area contributed by atoms with E-state index in [0.29, 0.717) is 6.42 Å². The molecule has 2 N–H and O–H groups in total. The summed E-state index contributed by atoms with van der Waals surface area (Å²) in [6.45, 7) is 2.20. The molecule has 0 aliphatic rings. The summed E-state index contributed by atoms with van der Waals surface area (Å²) >= 11 is 0. The first-order chi connectivity index (χ1) is 10.2. The Morgan fingerprint density at radius 1 is 0.957 bits per heavy atom. The van der Waals surface area contributed by atoms with E-state index in [-0.39, 0.29) is 63.3 Å². The predicted octanol–water partition coefficient (Wildman–Crippen LogP) is 4.16. The summed E-state index contributed by atoms with van der Waals surface area (Å²) < 4.78 is 0. The summed E-state index contributed by atoms with van der Waals surface area (Å²) in [4.78, 5) is 10.3. The molecule has 1 atom stereocenters. The molecule has 23 heavy (non-hydrogen) atoms. The number of aliphatic hydroxyl groups excluding tert-OH is 1. The molecule has 0 spiro atoms. The number of carboxylic acid groups (broad SMARTS) is 1. The number of aliphatic hydroxyl groups is 1. The Bertz CT molecular complexity index is 273. The zero-order chi connectivity index (χ0) is 15.8. The Morgan fingerprint density at radius 2 is 1.57 bits per heavy atom. The Balaban J connectivity index is -0.00000200.